The van der Waals surface area contributed by atoms with Crippen molar-refractivity contribution in [1.29, 1.82) is 0 Å². The van der Waals surface area contributed by atoms with Gasteiger partial charge in [-0.25, -0.2) is 0 Å². The van der Waals surface area contributed by atoms with Crippen LogP contribution in [0.4, 0.5) is 0 Å². The first kappa shape index (κ1) is 12.0. The molecule has 4 heteroatoms. The number of H-pyrrole nitrogens is 1. The fourth-order valence-electron chi connectivity index (χ4n) is 3.45. The van der Waals surface area contributed by atoms with Crippen molar-refractivity contribution >= 4 is 11.8 Å². The third-order valence-electron chi connectivity index (χ3n) is 4.93. The van der Waals surface area contributed by atoms with Crippen LogP contribution in [0.15, 0.2) is 15.9 Å². The molecule has 102 valence electrons. The second-order valence-electron chi connectivity index (χ2n) is 6.40. The van der Waals surface area contributed by atoms with Gasteiger partial charge in [0.25, 0.3) is 5.56 Å². The van der Waals surface area contributed by atoms with Gasteiger partial charge in [-0.3, -0.25) is 4.79 Å². The molecule has 0 bridgehead atoms. The molecule has 3 aliphatic rings. The Morgan fingerprint density at radius 1 is 1.26 bits per heavy atom. The monoisotopic (exact) mass is 276 g/mol. The predicted molar refractivity (Wildman–Crippen MR) is 78.0 cm³/mol. The molecule has 1 saturated heterocycles. The summed E-state index contributed by atoms with van der Waals surface area (Å²) in [6.07, 6.45) is 6.13. The molecule has 1 spiro atoms. The summed E-state index contributed by atoms with van der Waals surface area (Å²) in [6.45, 7) is 2.08. The van der Waals surface area contributed by atoms with Crippen LogP contribution in [0.25, 0.3) is 0 Å². The minimum absolute atomic E-state index is 0.157. The molecule has 0 amide bonds. The Labute approximate surface area is 117 Å². The van der Waals surface area contributed by atoms with Crippen LogP contribution in [0.3, 0.4) is 0 Å². The topological polar surface area (TPSA) is 44.9 Å². The average Bonchev–Trinajstić information content (AvgIpc) is 3.19. The molecular formula is C15H20N2OS. The third kappa shape index (κ3) is 2.15. The Kier molecular flexibility index (Phi) is 2.78. The van der Waals surface area contributed by atoms with E-state index in [1.54, 1.807) is 0 Å². The summed E-state index contributed by atoms with van der Waals surface area (Å²) in [6, 6.07) is 2.23. The van der Waals surface area contributed by atoms with E-state index in [-0.39, 0.29) is 5.56 Å². The van der Waals surface area contributed by atoms with E-state index in [0.29, 0.717) is 11.3 Å². The Balaban J connectivity index is 1.70. The molecule has 2 N–H and O–H groups in total. The minimum Gasteiger partial charge on any atom is -0.317 e. The summed E-state index contributed by atoms with van der Waals surface area (Å²) in [7, 11) is 0. The number of fused-ring (bicyclic) bond motifs is 1. The van der Waals surface area contributed by atoms with Gasteiger partial charge in [0.2, 0.25) is 0 Å². The van der Waals surface area contributed by atoms with Crippen molar-refractivity contribution in [2.75, 3.05) is 18.8 Å². The molecule has 19 heavy (non-hydrogen) atoms. The zero-order valence-electron chi connectivity index (χ0n) is 11.1. The highest BCUT2D eigenvalue weighted by Gasteiger charge is 2.45. The van der Waals surface area contributed by atoms with Crippen LogP contribution in [0.1, 0.15) is 42.7 Å². The number of pyridine rings is 1. The van der Waals surface area contributed by atoms with E-state index in [1.165, 1.54) is 30.6 Å². The van der Waals surface area contributed by atoms with Crippen molar-refractivity contribution in [2.45, 2.75) is 43.0 Å². The zero-order valence-corrected chi connectivity index (χ0v) is 11.9. The molecule has 2 aliphatic heterocycles. The van der Waals surface area contributed by atoms with E-state index < -0.39 is 0 Å². The standard InChI is InChI=1S/C15H20N2OS/c18-13-12(10-1-5-16-6-2-10)7-11-8-15(3-4-15)9-19-14(11)17-13/h7,10,16H,1-6,8-9H2,(H,17,18). The summed E-state index contributed by atoms with van der Waals surface area (Å²) in [5, 5.41) is 4.51. The van der Waals surface area contributed by atoms with E-state index in [9.17, 15) is 4.79 Å². The van der Waals surface area contributed by atoms with E-state index in [1.807, 2.05) is 11.8 Å². The second-order valence-corrected chi connectivity index (χ2v) is 7.38. The maximum Gasteiger partial charge on any atom is 0.252 e. The lowest BCUT2D eigenvalue weighted by Gasteiger charge is -2.26. The van der Waals surface area contributed by atoms with E-state index in [2.05, 4.69) is 16.4 Å². The van der Waals surface area contributed by atoms with Crippen LogP contribution in [-0.4, -0.2) is 23.8 Å². The van der Waals surface area contributed by atoms with Crippen molar-refractivity contribution in [3.63, 3.8) is 0 Å². The van der Waals surface area contributed by atoms with Crippen LogP contribution >= 0.6 is 11.8 Å². The molecule has 1 saturated carbocycles. The number of nitrogens with one attached hydrogen (secondary N) is 2. The number of rotatable bonds is 1. The fraction of sp³-hybridized carbons (Fsp3) is 0.667. The van der Waals surface area contributed by atoms with Gasteiger partial charge in [0, 0.05) is 11.3 Å². The predicted octanol–water partition coefficient (Wildman–Crippen LogP) is 2.27. The molecular weight excluding hydrogens is 256 g/mol. The highest BCUT2D eigenvalue weighted by atomic mass is 32.2. The number of piperidine rings is 1. The smallest absolute Gasteiger partial charge is 0.252 e. The van der Waals surface area contributed by atoms with Crippen LogP contribution in [0.2, 0.25) is 0 Å². The lowest BCUT2D eigenvalue weighted by atomic mass is 9.89. The van der Waals surface area contributed by atoms with Gasteiger partial charge in [0.1, 0.15) is 0 Å². The first-order valence-corrected chi connectivity index (χ1v) is 8.34. The minimum atomic E-state index is 0.157. The fourth-order valence-corrected chi connectivity index (χ4v) is 4.77. The van der Waals surface area contributed by atoms with Gasteiger partial charge in [0.15, 0.2) is 0 Å². The Bertz CT molecular complexity index is 556. The van der Waals surface area contributed by atoms with Gasteiger partial charge in [-0.15, -0.1) is 11.8 Å². The van der Waals surface area contributed by atoms with E-state index >= 15 is 0 Å². The second kappa shape index (κ2) is 4.38. The molecule has 1 aromatic rings. The van der Waals surface area contributed by atoms with Crippen LogP contribution in [0, 0.1) is 5.41 Å². The van der Waals surface area contributed by atoms with E-state index in [4.69, 9.17) is 0 Å². The SMILES string of the molecule is O=c1[nH]c2c(cc1C1CCNCC1)CC1(CC1)CS2. The summed E-state index contributed by atoms with van der Waals surface area (Å²) in [5.41, 5.74) is 3.19. The number of aromatic amines is 1. The molecule has 0 radical (unpaired) electrons. The van der Waals surface area contributed by atoms with Gasteiger partial charge in [-0.2, -0.15) is 0 Å². The van der Waals surface area contributed by atoms with Gasteiger partial charge in [-0.1, -0.05) is 0 Å². The summed E-state index contributed by atoms with van der Waals surface area (Å²) in [5.74, 6) is 1.65. The summed E-state index contributed by atoms with van der Waals surface area (Å²) in [4.78, 5) is 15.4. The van der Waals surface area contributed by atoms with Gasteiger partial charge in [-0.05, 0) is 68.2 Å². The quantitative estimate of drug-likeness (QED) is 0.827. The summed E-state index contributed by atoms with van der Waals surface area (Å²) >= 11 is 1.86. The van der Waals surface area contributed by atoms with Crippen molar-refractivity contribution in [3.8, 4) is 0 Å². The molecule has 0 atom stereocenters. The van der Waals surface area contributed by atoms with Gasteiger partial charge >= 0.3 is 0 Å². The molecule has 0 aromatic carbocycles. The van der Waals surface area contributed by atoms with Crippen LogP contribution < -0.4 is 10.9 Å². The normalized spacial score (nSPS) is 25.3. The number of aromatic nitrogens is 1. The number of thioether (sulfide) groups is 1. The first-order valence-electron chi connectivity index (χ1n) is 7.35. The molecule has 4 rings (SSSR count). The molecule has 2 fully saturated rings. The number of hydrogen-bond acceptors (Lipinski definition) is 3. The van der Waals surface area contributed by atoms with Crippen LogP contribution in [-0.2, 0) is 6.42 Å². The Hall–Kier alpha value is -0.740. The Morgan fingerprint density at radius 3 is 2.79 bits per heavy atom. The van der Waals surface area contributed by atoms with Crippen LogP contribution in [0.5, 0.6) is 0 Å². The van der Waals surface area contributed by atoms with Crippen molar-refractivity contribution in [1.82, 2.24) is 10.3 Å². The van der Waals surface area contributed by atoms with Gasteiger partial charge in [0.05, 0.1) is 5.03 Å². The molecule has 1 aromatic heterocycles. The molecule has 3 nitrogen and oxygen atoms in total. The van der Waals surface area contributed by atoms with Crippen molar-refractivity contribution < 1.29 is 0 Å². The highest BCUT2D eigenvalue weighted by Crippen LogP contribution is 2.55. The largest absolute Gasteiger partial charge is 0.317 e. The maximum absolute atomic E-state index is 12.3. The number of hydrogen-bond donors (Lipinski definition) is 2. The average molecular weight is 276 g/mol. The molecule has 0 unspecified atom stereocenters. The Morgan fingerprint density at radius 2 is 2.05 bits per heavy atom. The highest BCUT2D eigenvalue weighted by molar-refractivity contribution is 7.99. The van der Waals surface area contributed by atoms with E-state index in [0.717, 1.165) is 36.5 Å². The van der Waals surface area contributed by atoms with Gasteiger partial charge < -0.3 is 10.3 Å². The lowest BCUT2D eigenvalue weighted by molar-refractivity contribution is 0.455. The van der Waals surface area contributed by atoms with Crippen molar-refractivity contribution in [3.05, 3.63) is 27.5 Å². The third-order valence-corrected chi connectivity index (χ3v) is 6.34. The maximum atomic E-state index is 12.3. The lowest BCUT2D eigenvalue weighted by Crippen LogP contribution is -2.30. The molecule has 1 aliphatic carbocycles. The zero-order chi connectivity index (χ0) is 12.9. The molecule has 3 heterocycles. The van der Waals surface area contributed by atoms with Crippen molar-refractivity contribution in [2.24, 2.45) is 5.41 Å². The first-order chi connectivity index (χ1) is 9.26. The summed E-state index contributed by atoms with van der Waals surface area (Å²) < 4.78 is 0.